The Morgan fingerprint density at radius 3 is 2.72 bits per heavy atom. The number of aryl methyl sites for hydroxylation is 2. The molecule has 0 aliphatic heterocycles. The van der Waals surface area contributed by atoms with Crippen molar-refractivity contribution in [3.8, 4) is 0 Å². The van der Waals surface area contributed by atoms with Gasteiger partial charge in [-0.25, -0.2) is 4.79 Å². The van der Waals surface area contributed by atoms with Crippen LogP contribution in [-0.4, -0.2) is 16.2 Å². The van der Waals surface area contributed by atoms with Crippen LogP contribution in [0.5, 0.6) is 0 Å². The van der Waals surface area contributed by atoms with Crippen LogP contribution in [0.25, 0.3) is 10.9 Å². The zero-order valence-corrected chi connectivity index (χ0v) is 14.9. The molecule has 130 valence electrons. The van der Waals surface area contributed by atoms with E-state index in [9.17, 15) is 4.79 Å². The molecule has 0 atom stereocenters. The first kappa shape index (κ1) is 17.0. The molecule has 0 bridgehead atoms. The van der Waals surface area contributed by atoms with E-state index < -0.39 is 0 Å². The van der Waals surface area contributed by atoms with Gasteiger partial charge >= 0.3 is 6.03 Å². The third-order valence-electron chi connectivity index (χ3n) is 4.03. The molecule has 2 amide bonds. The molecule has 0 saturated carbocycles. The highest BCUT2D eigenvalue weighted by atomic mass is 16.5. The van der Waals surface area contributed by atoms with E-state index in [4.69, 9.17) is 4.52 Å². The van der Waals surface area contributed by atoms with E-state index in [1.165, 1.54) is 0 Å². The second-order valence-electron chi connectivity index (χ2n) is 6.27. The number of para-hydroxylation sites is 1. The maximum Gasteiger partial charge on any atom is 0.323 e. The van der Waals surface area contributed by atoms with Gasteiger partial charge in [-0.15, -0.1) is 0 Å². The van der Waals surface area contributed by atoms with Gasteiger partial charge in [0, 0.05) is 17.0 Å². The number of hydrogen-bond donors (Lipinski definition) is 2. The van der Waals surface area contributed by atoms with Gasteiger partial charge in [-0.3, -0.25) is 4.98 Å². The highest BCUT2D eigenvalue weighted by Crippen LogP contribution is 2.28. The monoisotopic (exact) mass is 338 g/mol. The standard InChI is InChI=1S/C19H22N4O2/c1-5-13-10-16(14-8-6-7-9-15(14)20-13)21-19(24)22-17-12(4)23-25-18(17)11(2)3/h6-11H,5H2,1-4H3,(H2,20,21,22,24). The third-order valence-corrected chi connectivity index (χ3v) is 4.03. The lowest BCUT2D eigenvalue weighted by Crippen LogP contribution is -2.21. The molecule has 0 spiro atoms. The van der Waals surface area contributed by atoms with Crippen molar-refractivity contribution >= 4 is 28.3 Å². The quantitative estimate of drug-likeness (QED) is 0.712. The van der Waals surface area contributed by atoms with E-state index in [1.807, 2.05) is 58.0 Å². The van der Waals surface area contributed by atoms with E-state index in [0.717, 1.165) is 28.7 Å². The Morgan fingerprint density at radius 1 is 1.24 bits per heavy atom. The summed E-state index contributed by atoms with van der Waals surface area (Å²) in [6.45, 7) is 7.83. The van der Waals surface area contributed by atoms with Crippen molar-refractivity contribution in [3.63, 3.8) is 0 Å². The molecular weight excluding hydrogens is 316 g/mol. The van der Waals surface area contributed by atoms with E-state index >= 15 is 0 Å². The average molecular weight is 338 g/mol. The number of fused-ring (bicyclic) bond motifs is 1. The molecule has 0 aliphatic carbocycles. The number of carbonyl (C=O) groups is 1. The Labute approximate surface area is 146 Å². The van der Waals surface area contributed by atoms with Crippen molar-refractivity contribution in [2.24, 2.45) is 0 Å². The molecule has 2 heterocycles. The molecular formula is C19H22N4O2. The lowest BCUT2D eigenvalue weighted by Gasteiger charge is -2.12. The summed E-state index contributed by atoms with van der Waals surface area (Å²) in [7, 11) is 0. The van der Waals surface area contributed by atoms with Gasteiger partial charge in [0.15, 0.2) is 5.76 Å². The number of hydrogen-bond acceptors (Lipinski definition) is 4. The second-order valence-corrected chi connectivity index (χ2v) is 6.27. The van der Waals surface area contributed by atoms with E-state index in [2.05, 4.69) is 20.8 Å². The maximum absolute atomic E-state index is 12.5. The molecule has 1 aromatic carbocycles. The van der Waals surface area contributed by atoms with E-state index in [-0.39, 0.29) is 11.9 Å². The summed E-state index contributed by atoms with van der Waals surface area (Å²) in [6, 6.07) is 9.34. The molecule has 6 heteroatoms. The first-order chi connectivity index (χ1) is 12.0. The fraction of sp³-hybridized carbons (Fsp3) is 0.316. The predicted octanol–water partition coefficient (Wildman–Crippen LogP) is 4.86. The summed E-state index contributed by atoms with van der Waals surface area (Å²) >= 11 is 0. The van der Waals surface area contributed by atoms with Crippen molar-refractivity contribution in [2.75, 3.05) is 10.6 Å². The first-order valence-electron chi connectivity index (χ1n) is 8.42. The minimum atomic E-state index is -0.327. The van der Waals surface area contributed by atoms with Crippen molar-refractivity contribution in [1.29, 1.82) is 0 Å². The maximum atomic E-state index is 12.5. The molecule has 0 aliphatic rings. The Balaban J connectivity index is 1.89. The van der Waals surface area contributed by atoms with Gasteiger partial charge in [-0.1, -0.05) is 44.1 Å². The Hall–Kier alpha value is -2.89. The van der Waals surface area contributed by atoms with Crippen LogP contribution < -0.4 is 10.6 Å². The van der Waals surface area contributed by atoms with E-state index in [1.54, 1.807) is 0 Å². The second kappa shape index (κ2) is 6.93. The van der Waals surface area contributed by atoms with Crippen molar-refractivity contribution < 1.29 is 9.32 Å². The molecule has 6 nitrogen and oxygen atoms in total. The minimum Gasteiger partial charge on any atom is -0.359 e. The van der Waals surface area contributed by atoms with Crippen LogP contribution in [0.2, 0.25) is 0 Å². The summed E-state index contributed by atoms with van der Waals surface area (Å²) in [5.74, 6) is 0.798. The number of amides is 2. The summed E-state index contributed by atoms with van der Waals surface area (Å²) in [6.07, 6.45) is 0.795. The van der Waals surface area contributed by atoms with Crippen molar-refractivity contribution in [3.05, 3.63) is 47.5 Å². The molecule has 2 aromatic heterocycles. The van der Waals surface area contributed by atoms with Gasteiger partial charge < -0.3 is 15.2 Å². The molecule has 25 heavy (non-hydrogen) atoms. The molecule has 0 saturated heterocycles. The number of anilines is 2. The van der Waals surface area contributed by atoms with Crippen LogP contribution >= 0.6 is 0 Å². The van der Waals surface area contributed by atoms with Gasteiger partial charge in [-0.2, -0.15) is 0 Å². The Bertz CT molecular complexity index is 915. The van der Waals surface area contributed by atoms with Crippen molar-refractivity contribution in [2.45, 2.75) is 40.0 Å². The van der Waals surface area contributed by atoms with Crippen LogP contribution in [0, 0.1) is 6.92 Å². The third kappa shape index (κ3) is 3.47. The predicted molar refractivity (Wildman–Crippen MR) is 99.1 cm³/mol. The zero-order chi connectivity index (χ0) is 18.0. The summed E-state index contributed by atoms with van der Waals surface area (Å²) in [5, 5.41) is 10.6. The number of aromatic nitrogens is 2. The molecule has 3 aromatic rings. The molecule has 2 N–H and O–H groups in total. The number of nitrogens with one attached hydrogen (secondary N) is 2. The summed E-state index contributed by atoms with van der Waals surface area (Å²) in [5.41, 5.74) is 3.81. The lowest BCUT2D eigenvalue weighted by atomic mass is 10.1. The van der Waals surface area contributed by atoms with Gasteiger partial charge in [0.05, 0.1) is 11.2 Å². The number of nitrogens with zero attached hydrogens (tertiary/aromatic N) is 2. The first-order valence-corrected chi connectivity index (χ1v) is 8.42. The normalized spacial score (nSPS) is 11.1. The van der Waals surface area contributed by atoms with Gasteiger partial charge in [-0.05, 0) is 25.5 Å². The largest absolute Gasteiger partial charge is 0.359 e. The number of urea groups is 1. The van der Waals surface area contributed by atoms with Gasteiger partial charge in [0.2, 0.25) is 0 Å². The summed E-state index contributed by atoms with van der Waals surface area (Å²) < 4.78 is 5.31. The average Bonchev–Trinajstić information content (AvgIpc) is 2.95. The highest BCUT2D eigenvalue weighted by molar-refractivity contribution is 6.05. The zero-order valence-electron chi connectivity index (χ0n) is 14.9. The highest BCUT2D eigenvalue weighted by Gasteiger charge is 2.18. The molecule has 3 rings (SSSR count). The van der Waals surface area contributed by atoms with Crippen LogP contribution in [0.1, 0.15) is 43.8 Å². The molecule has 0 unspecified atom stereocenters. The number of benzene rings is 1. The SMILES string of the molecule is CCc1cc(NC(=O)Nc2c(C)noc2C(C)C)c2ccccc2n1. The van der Waals surface area contributed by atoms with Crippen LogP contribution in [0.4, 0.5) is 16.2 Å². The number of carbonyl (C=O) groups excluding carboxylic acids is 1. The lowest BCUT2D eigenvalue weighted by molar-refractivity contribution is 0.262. The van der Waals surface area contributed by atoms with Gasteiger partial charge in [0.1, 0.15) is 11.4 Å². The Kier molecular flexibility index (Phi) is 4.70. The molecule has 0 radical (unpaired) electrons. The molecule has 0 fully saturated rings. The topological polar surface area (TPSA) is 80.0 Å². The fourth-order valence-electron chi connectivity index (χ4n) is 2.72. The van der Waals surface area contributed by atoms with Crippen LogP contribution in [-0.2, 0) is 6.42 Å². The number of pyridine rings is 1. The summed E-state index contributed by atoms with van der Waals surface area (Å²) in [4.78, 5) is 17.1. The smallest absolute Gasteiger partial charge is 0.323 e. The minimum absolute atomic E-state index is 0.130. The van der Waals surface area contributed by atoms with Crippen molar-refractivity contribution in [1.82, 2.24) is 10.1 Å². The Morgan fingerprint density at radius 2 is 2.00 bits per heavy atom. The number of rotatable bonds is 4. The fourth-order valence-corrected chi connectivity index (χ4v) is 2.72. The van der Waals surface area contributed by atoms with Crippen LogP contribution in [0.3, 0.4) is 0 Å². The van der Waals surface area contributed by atoms with E-state index in [0.29, 0.717) is 17.1 Å². The van der Waals surface area contributed by atoms with Crippen LogP contribution in [0.15, 0.2) is 34.9 Å². The van der Waals surface area contributed by atoms with Gasteiger partial charge in [0.25, 0.3) is 0 Å².